The van der Waals surface area contributed by atoms with Crippen molar-refractivity contribution in [3.63, 3.8) is 0 Å². The second-order valence-corrected chi connectivity index (χ2v) is 5.97. The van der Waals surface area contributed by atoms with E-state index in [0.717, 1.165) is 16.9 Å². The third-order valence-corrected chi connectivity index (χ3v) is 4.15. The van der Waals surface area contributed by atoms with Crippen molar-refractivity contribution in [1.82, 2.24) is 5.32 Å². The minimum Gasteiger partial charge on any atom is -0.493 e. The summed E-state index contributed by atoms with van der Waals surface area (Å²) in [5.41, 5.74) is 1.94. The lowest BCUT2D eigenvalue weighted by Gasteiger charge is -2.18. The van der Waals surface area contributed by atoms with Gasteiger partial charge in [-0.05, 0) is 47.9 Å². The van der Waals surface area contributed by atoms with Crippen LogP contribution in [0, 0.1) is 0 Å². The van der Waals surface area contributed by atoms with Gasteiger partial charge in [-0.3, -0.25) is 4.79 Å². The number of methoxy groups -OCH3 is 2. The molecule has 0 saturated carbocycles. The average molecular weight is 369 g/mol. The third kappa shape index (κ3) is 4.94. The number of ether oxygens (including phenoxy) is 4. The fraction of sp³-hybridized carbons (Fsp3) is 0.286. The summed E-state index contributed by atoms with van der Waals surface area (Å²) in [5, 5.41) is 2.88. The van der Waals surface area contributed by atoms with Gasteiger partial charge in [-0.1, -0.05) is 12.1 Å². The van der Waals surface area contributed by atoms with E-state index in [1.807, 2.05) is 36.4 Å². The highest BCUT2D eigenvalue weighted by atomic mass is 16.6. The molecule has 0 radical (unpaired) electrons. The smallest absolute Gasteiger partial charge is 0.244 e. The summed E-state index contributed by atoms with van der Waals surface area (Å²) in [6.07, 6.45) is 3.97. The molecule has 0 fully saturated rings. The van der Waals surface area contributed by atoms with Crippen LogP contribution in [0.1, 0.15) is 11.1 Å². The second kappa shape index (κ2) is 8.98. The van der Waals surface area contributed by atoms with Crippen molar-refractivity contribution < 1.29 is 23.7 Å². The summed E-state index contributed by atoms with van der Waals surface area (Å²) in [6, 6.07) is 11.3. The Labute approximate surface area is 158 Å². The summed E-state index contributed by atoms with van der Waals surface area (Å²) in [7, 11) is 3.21. The van der Waals surface area contributed by atoms with Crippen LogP contribution in [0.15, 0.2) is 42.5 Å². The van der Waals surface area contributed by atoms with Crippen LogP contribution in [-0.4, -0.2) is 39.9 Å². The maximum atomic E-state index is 12.0. The number of carbonyl (C=O) groups is 1. The maximum Gasteiger partial charge on any atom is 0.244 e. The van der Waals surface area contributed by atoms with Gasteiger partial charge in [0.05, 0.1) is 14.2 Å². The van der Waals surface area contributed by atoms with E-state index < -0.39 is 0 Å². The van der Waals surface area contributed by atoms with Crippen LogP contribution in [0.25, 0.3) is 6.08 Å². The van der Waals surface area contributed by atoms with Crippen LogP contribution in [0.3, 0.4) is 0 Å². The standard InChI is InChI=1S/C21H23NO5/c1-24-17-6-3-16(13-19(17)25-2)9-10-22-21(23)8-5-15-4-7-18-20(14-15)27-12-11-26-18/h3-8,13-14H,9-12H2,1-2H3,(H,22,23)/b8-5+. The number of fused-ring (bicyclic) bond motifs is 1. The van der Waals surface area contributed by atoms with E-state index in [0.29, 0.717) is 43.4 Å². The molecule has 2 aromatic rings. The fourth-order valence-corrected chi connectivity index (χ4v) is 2.76. The van der Waals surface area contributed by atoms with E-state index in [9.17, 15) is 4.79 Å². The van der Waals surface area contributed by atoms with Gasteiger partial charge in [0.1, 0.15) is 13.2 Å². The Hall–Kier alpha value is -3.15. The first-order valence-electron chi connectivity index (χ1n) is 8.76. The highest BCUT2D eigenvalue weighted by Gasteiger charge is 2.10. The van der Waals surface area contributed by atoms with Crippen molar-refractivity contribution in [2.45, 2.75) is 6.42 Å². The molecule has 1 aliphatic rings. The number of carbonyl (C=O) groups excluding carboxylic acids is 1. The molecule has 1 aliphatic heterocycles. The van der Waals surface area contributed by atoms with Gasteiger partial charge in [-0.15, -0.1) is 0 Å². The van der Waals surface area contributed by atoms with Crippen molar-refractivity contribution in [1.29, 1.82) is 0 Å². The normalized spacial score (nSPS) is 12.7. The molecular formula is C21H23NO5. The first kappa shape index (κ1) is 18.6. The Balaban J connectivity index is 1.50. The molecule has 1 heterocycles. The number of amides is 1. The Morgan fingerprint density at radius 1 is 1.04 bits per heavy atom. The van der Waals surface area contributed by atoms with Gasteiger partial charge in [0.2, 0.25) is 5.91 Å². The summed E-state index contributed by atoms with van der Waals surface area (Å²) in [5.74, 6) is 2.66. The van der Waals surface area contributed by atoms with E-state index in [4.69, 9.17) is 18.9 Å². The van der Waals surface area contributed by atoms with Crippen molar-refractivity contribution in [2.75, 3.05) is 34.0 Å². The van der Waals surface area contributed by atoms with Gasteiger partial charge < -0.3 is 24.3 Å². The molecule has 0 saturated heterocycles. The molecule has 0 atom stereocenters. The molecule has 3 rings (SSSR count). The number of rotatable bonds is 7. The van der Waals surface area contributed by atoms with Crippen LogP contribution in [0.4, 0.5) is 0 Å². The predicted molar refractivity (Wildman–Crippen MR) is 103 cm³/mol. The topological polar surface area (TPSA) is 66.0 Å². The second-order valence-electron chi connectivity index (χ2n) is 5.97. The monoisotopic (exact) mass is 369 g/mol. The molecule has 142 valence electrons. The highest BCUT2D eigenvalue weighted by molar-refractivity contribution is 5.91. The lowest BCUT2D eigenvalue weighted by atomic mass is 10.1. The molecule has 0 aliphatic carbocycles. The first-order chi connectivity index (χ1) is 13.2. The van der Waals surface area contributed by atoms with E-state index >= 15 is 0 Å². The minimum absolute atomic E-state index is 0.148. The molecule has 6 heteroatoms. The maximum absolute atomic E-state index is 12.0. The fourth-order valence-electron chi connectivity index (χ4n) is 2.76. The molecular weight excluding hydrogens is 346 g/mol. The molecule has 1 amide bonds. The number of hydrogen-bond acceptors (Lipinski definition) is 5. The summed E-state index contributed by atoms with van der Waals surface area (Å²) < 4.78 is 21.5. The Morgan fingerprint density at radius 3 is 2.59 bits per heavy atom. The van der Waals surface area contributed by atoms with E-state index in [1.165, 1.54) is 6.08 Å². The quantitative estimate of drug-likeness (QED) is 0.761. The number of hydrogen-bond donors (Lipinski definition) is 1. The summed E-state index contributed by atoms with van der Waals surface area (Å²) >= 11 is 0. The Kier molecular flexibility index (Phi) is 6.20. The SMILES string of the molecule is COc1ccc(CCNC(=O)/C=C/c2ccc3c(c2)OCCO3)cc1OC. The molecule has 0 unspecified atom stereocenters. The van der Waals surface area contributed by atoms with Crippen LogP contribution in [0.5, 0.6) is 23.0 Å². The molecule has 6 nitrogen and oxygen atoms in total. The van der Waals surface area contributed by atoms with Crippen LogP contribution in [0.2, 0.25) is 0 Å². The molecule has 1 N–H and O–H groups in total. The summed E-state index contributed by atoms with van der Waals surface area (Å²) in [6.45, 7) is 1.63. The Bertz CT molecular complexity index is 831. The zero-order valence-electron chi connectivity index (χ0n) is 15.5. The van der Waals surface area contributed by atoms with Crippen LogP contribution in [-0.2, 0) is 11.2 Å². The number of benzene rings is 2. The molecule has 0 bridgehead atoms. The molecule has 2 aromatic carbocycles. The highest BCUT2D eigenvalue weighted by Crippen LogP contribution is 2.31. The number of nitrogens with one attached hydrogen (secondary N) is 1. The predicted octanol–water partition coefficient (Wildman–Crippen LogP) is 2.85. The van der Waals surface area contributed by atoms with Gasteiger partial charge in [0.25, 0.3) is 0 Å². The van der Waals surface area contributed by atoms with Gasteiger partial charge in [0, 0.05) is 12.6 Å². The first-order valence-corrected chi connectivity index (χ1v) is 8.76. The zero-order chi connectivity index (χ0) is 19.1. The lowest BCUT2D eigenvalue weighted by molar-refractivity contribution is -0.116. The minimum atomic E-state index is -0.148. The van der Waals surface area contributed by atoms with Crippen molar-refractivity contribution >= 4 is 12.0 Å². The van der Waals surface area contributed by atoms with E-state index in [1.54, 1.807) is 20.3 Å². The van der Waals surface area contributed by atoms with Gasteiger partial charge in [0.15, 0.2) is 23.0 Å². The van der Waals surface area contributed by atoms with Gasteiger partial charge in [-0.25, -0.2) is 0 Å². The van der Waals surface area contributed by atoms with Crippen molar-refractivity contribution in [2.24, 2.45) is 0 Å². The molecule has 0 spiro atoms. The lowest BCUT2D eigenvalue weighted by Crippen LogP contribution is -2.23. The van der Waals surface area contributed by atoms with Crippen LogP contribution < -0.4 is 24.3 Å². The van der Waals surface area contributed by atoms with E-state index in [2.05, 4.69) is 5.32 Å². The summed E-state index contributed by atoms with van der Waals surface area (Å²) in [4.78, 5) is 12.0. The van der Waals surface area contributed by atoms with Crippen molar-refractivity contribution in [3.8, 4) is 23.0 Å². The van der Waals surface area contributed by atoms with Gasteiger partial charge >= 0.3 is 0 Å². The largest absolute Gasteiger partial charge is 0.493 e. The third-order valence-electron chi connectivity index (χ3n) is 4.15. The van der Waals surface area contributed by atoms with Crippen LogP contribution >= 0.6 is 0 Å². The molecule has 0 aromatic heterocycles. The average Bonchev–Trinajstić information content (AvgIpc) is 2.72. The van der Waals surface area contributed by atoms with Gasteiger partial charge in [-0.2, -0.15) is 0 Å². The zero-order valence-corrected chi connectivity index (χ0v) is 15.5. The van der Waals surface area contributed by atoms with Crippen molar-refractivity contribution in [3.05, 3.63) is 53.6 Å². The molecule has 27 heavy (non-hydrogen) atoms. The van der Waals surface area contributed by atoms with E-state index in [-0.39, 0.29) is 5.91 Å². The Morgan fingerprint density at radius 2 is 1.81 bits per heavy atom.